The third kappa shape index (κ3) is 6.93. The molecule has 1 amide bonds. The molecule has 3 aliphatic rings. The lowest BCUT2D eigenvalue weighted by molar-refractivity contribution is -0.0370. The number of anilines is 1. The Morgan fingerprint density at radius 3 is 2.48 bits per heavy atom. The summed E-state index contributed by atoms with van der Waals surface area (Å²) in [6.07, 6.45) is 12.8. The summed E-state index contributed by atoms with van der Waals surface area (Å²) in [6.45, 7) is 10.8. The SMILES string of the molecule is CN(CCN(C)C(=O)OC(C)(C)C)Cc1nn(C2CCCCO2)c2ccc(N3CCC4(CCCCC4)CC3)cc12. The summed E-state index contributed by atoms with van der Waals surface area (Å²) in [5.41, 5.74) is 3.66. The van der Waals surface area contributed by atoms with Crippen molar-refractivity contribution in [1.82, 2.24) is 19.6 Å². The largest absolute Gasteiger partial charge is 0.444 e. The first kappa shape index (κ1) is 29.2. The first-order valence-corrected chi connectivity index (χ1v) is 15.6. The maximum absolute atomic E-state index is 12.4. The molecule has 2 aromatic rings. The minimum Gasteiger partial charge on any atom is -0.444 e. The van der Waals surface area contributed by atoms with Crippen LogP contribution in [0.25, 0.3) is 10.9 Å². The minimum absolute atomic E-state index is 0.000559. The number of likely N-dealkylation sites (N-methyl/N-ethyl adjacent to an activating group) is 2. The minimum atomic E-state index is -0.493. The molecule has 222 valence electrons. The summed E-state index contributed by atoms with van der Waals surface area (Å²) in [5, 5.41) is 6.36. The number of hydrogen-bond donors (Lipinski definition) is 0. The van der Waals surface area contributed by atoms with Crippen LogP contribution < -0.4 is 4.90 Å². The molecular weight excluding hydrogens is 502 g/mol. The number of piperidine rings is 1. The quantitative estimate of drug-likeness (QED) is 0.386. The van der Waals surface area contributed by atoms with E-state index < -0.39 is 5.60 Å². The van der Waals surface area contributed by atoms with Crippen LogP contribution in [0.2, 0.25) is 0 Å². The van der Waals surface area contributed by atoms with Gasteiger partial charge in [0.25, 0.3) is 0 Å². The van der Waals surface area contributed by atoms with Crippen LogP contribution in [0.15, 0.2) is 18.2 Å². The molecule has 3 heterocycles. The van der Waals surface area contributed by atoms with E-state index >= 15 is 0 Å². The van der Waals surface area contributed by atoms with Crippen molar-refractivity contribution in [2.24, 2.45) is 5.41 Å². The summed E-state index contributed by atoms with van der Waals surface area (Å²) < 4.78 is 13.8. The average molecular weight is 554 g/mol. The number of fused-ring (bicyclic) bond motifs is 1. The zero-order valence-corrected chi connectivity index (χ0v) is 25.6. The average Bonchev–Trinajstić information content (AvgIpc) is 3.29. The van der Waals surface area contributed by atoms with Crippen LogP contribution in [0, 0.1) is 5.41 Å². The van der Waals surface area contributed by atoms with Crippen molar-refractivity contribution < 1.29 is 14.3 Å². The highest BCUT2D eigenvalue weighted by Gasteiger charge is 2.35. The molecule has 1 spiro atoms. The van der Waals surface area contributed by atoms with Crippen LogP contribution in [0.5, 0.6) is 0 Å². The van der Waals surface area contributed by atoms with E-state index in [9.17, 15) is 4.79 Å². The maximum atomic E-state index is 12.4. The Labute approximate surface area is 240 Å². The third-order valence-electron chi connectivity index (χ3n) is 9.24. The molecule has 1 aliphatic carbocycles. The molecule has 0 N–H and O–H groups in total. The molecule has 3 fully saturated rings. The lowest BCUT2D eigenvalue weighted by Gasteiger charge is -2.45. The van der Waals surface area contributed by atoms with Gasteiger partial charge in [0, 0.05) is 57.5 Å². The number of benzene rings is 1. The highest BCUT2D eigenvalue weighted by Crippen LogP contribution is 2.45. The highest BCUT2D eigenvalue weighted by molar-refractivity contribution is 5.86. The fraction of sp³-hybridized carbons (Fsp3) is 0.750. The molecule has 1 atom stereocenters. The van der Waals surface area contributed by atoms with Gasteiger partial charge in [-0.15, -0.1) is 0 Å². The van der Waals surface area contributed by atoms with Crippen LogP contribution in [0.1, 0.15) is 96.9 Å². The number of carbonyl (C=O) groups is 1. The van der Waals surface area contributed by atoms with Gasteiger partial charge in [0.1, 0.15) is 5.60 Å². The van der Waals surface area contributed by atoms with Gasteiger partial charge in [-0.3, -0.25) is 4.90 Å². The molecule has 1 saturated carbocycles. The Hall–Kier alpha value is -2.32. The van der Waals surface area contributed by atoms with Gasteiger partial charge in [0.2, 0.25) is 0 Å². The topological polar surface area (TPSA) is 63.1 Å². The molecule has 8 nitrogen and oxygen atoms in total. The molecule has 40 heavy (non-hydrogen) atoms. The Bertz CT molecular complexity index is 1130. The second-order valence-electron chi connectivity index (χ2n) is 13.6. The molecule has 0 bridgehead atoms. The van der Waals surface area contributed by atoms with Crippen molar-refractivity contribution in [2.75, 3.05) is 51.8 Å². The number of amides is 1. The molecule has 5 rings (SSSR count). The summed E-state index contributed by atoms with van der Waals surface area (Å²) in [4.78, 5) is 18.9. The van der Waals surface area contributed by atoms with Gasteiger partial charge >= 0.3 is 6.09 Å². The van der Waals surface area contributed by atoms with E-state index in [-0.39, 0.29) is 12.3 Å². The second kappa shape index (κ2) is 12.3. The van der Waals surface area contributed by atoms with E-state index in [0.717, 1.165) is 50.3 Å². The summed E-state index contributed by atoms with van der Waals surface area (Å²) in [7, 11) is 3.90. The van der Waals surface area contributed by atoms with E-state index in [1.54, 1.807) is 11.9 Å². The van der Waals surface area contributed by atoms with E-state index in [2.05, 4.69) is 39.7 Å². The number of nitrogens with zero attached hydrogens (tertiary/aromatic N) is 5. The third-order valence-corrected chi connectivity index (χ3v) is 9.24. The first-order valence-electron chi connectivity index (χ1n) is 15.6. The summed E-state index contributed by atoms with van der Waals surface area (Å²) >= 11 is 0. The van der Waals surface area contributed by atoms with Gasteiger partial charge in [-0.1, -0.05) is 19.3 Å². The molecule has 1 unspecified atom stereocenters. The first-order chi connectivity index (χ1) is 19.1. The predicted octanol–water partition coefficient (Wildman–Crippen LogP) is 6.58. The highest BCUT2D eigenvalue weighted by atomic mass is 16.6. The fourth-order valence-corrected chi connectivity index (χ4v) is 6.77. The standard InChI is InChI=1S/C32H51N5O3/c1-31(2,3)40-30(38)35(5)21-20-34(4)24-27-26-23-25(36-18-16-32(17-19-36)14-8-6-9-15-32)12-13-28(26)37(33-27)29-11-7-10-22-39-29/h12-13,23,29H,6-11,14-22,24H2,1-5H3. The Morgan fingerprint density at radius 2 is 1.80 bits per heavy atom. The van der Waals surface area contributed by atoms with E-state index in [1.807, 2.05) is 20.8 Å². The Balaban J connectivity index is 1.31. The van der Waals surface area contributed by atoms with Crippen LogP contribution in [-0.4, -0.2) is 78.2 Å². The lowest BCUT2D eigenvalue weighted by Crippen LogP contribution is -2.41. The number of aromatic nitrogens is 2. The smallest absolute Gasteiger partial charge is 0.410 e. The predicted molar refractivity (Wildman–Crippen MR) is 161 cm³/mol. The van der Waals surface area contributed by atoms with Crippen molar-refractivity contribution >= 4 is 22.7 Å². The van der Waals surface area contributed by atoms with Crippen LogP contribution in [0.3, 0.4) is 0 Å². The Kier molecular flexibility index (Phi) is 8.95. The van der Waals surface area contributed by atoms with Gasteiger partial charge in [-0.2, -0.15) is 5.10 Å². The van der Waals surface area contributed by atoms with E-state index in [0.29, 0.717) is 18.5 Å². The molecule has 1 aromatic heterocycles. The molecule has 0 radical (unpaired) electrons. The zero-order valence-electron chi connectivity index (χ0n) is 25.6. The molecule has 2 saturated heterocycles. The number of ether oxygens (including phenoxy) is 2. The summed E-state index contributed by atoms with van der Waals surface area (Å²) in [6, 6.07) is 6.93. The monoisotopic (exact) mass is 553 g/mol. The van der Waals surface area contributed by atoms with Gasteiger partial charge in [-0.25, -0.2) is 9.48 Å². The Morgan fingerprint density at radius 1 is 1.05 bits per heavy atom. The van der Waals surface area contributed by atoms with E-state index in [4.69, 9.17) is 14.6 Å². The fourth-order valence-electron chi connectivity index (χ4n) is 6.77. The lowest BCUT2D eigenvalue weighted by atomic mass is 9.68. The molecule has 8 heteroatoms. The molecular formula is C32H51N5O3. The van der Waals surface area contributed by atoms with Gasteiger partial charge < -0.3 is 19.3 Å². The zero-order chi connectivity index (χ0) is 28.3. The number of rotatable bonds is 7. The second-order valence-corrected chi connectivity index (χ2v) is 13.6. The van der Waals surface area contributed by atoms with Crippen molar-refractivity contribution in [3.05, 3.63) is 23.9 Å². The van der Waals surface area contributed by atoms with Crippen molar-refractivity contribution in [1.29, 1.82) is 0 Å². The van der Waals surface area contributed by atoms with Gasteiger partial charge in [0.05, 0.1) is 11.2 Å². The summed E-state index contributed by atoms with van der Waals surface area (Å²) in [5.74, 6) is 0. The normalized spacial score (nSPS) is 21.8. The van der Waals surface area contributed by atoms with Crippen molar-refractivity contribution in [2.45, 2.75) is 103 Å². The molecule has 2 aliphatic heterocycles. The van der Waals surface area contributed by atoms with Crippen LogP contribution >= 0.6 is 0 Å². The van der Waals surface area contributed by atoms with Crippen LogP contribution in [0.4, 0.5) is 10.5 Å². The van der Waals surface area contributed by atoms with E-state index in [1.165, 1.54) is 62.4 Å². The van der Waals surface area contributed by atoms with Gasteiger partial charge in [0.15, 0.2) is 6.23 Å². The van der Waals surface area contributed by atoms with Crippen LogP contribution in [-0.2, 0) is 16.0 Å². The molecule has 1 aromatic carbocycles. The van der Waals surface area contributed by atoms with Crippen molar-refractivity contribution in [3.8, 4) is 0 Å². The number of hydrogen-bond acceptors (Lipinski definition) is 6. The van der Waals surface area contributed by atoms with Gasteiger partial charge in [-0.05, 0) is 96.4 Å². The van der Waals surface area contributed by atoms with Crippen molar-refractivity contribution in [3.63, 3.8) is 0 Å². The maximum Gasteiger partial charge on any atom is 0.410 e. The number of carbonyl (C=O) groups excluding carboxylic acids is 1.